The molecular weight excluding hydrogens is 336 g/mol. The average molecular weight is 354 g/mol. The first-order valence-electron chi connectivity index (χ1n) is 6.70. The predicted octanol–water partition coefficient (Wildman–Crippen LogP) is 4.70. The van der Waals surface area contributed by atoms with E-state index in [2.05, 4.69) is 51.4 Å². The minimum atomic E-state index is 0.167. The molecule has 20 heavy (non-hydrogen) atoms. The summed E-state index contributed by atoms with van der Waals surface area (Å²) >= 11 is 9.89. The second-order valence-corrected chi connectivity index (χ2v) is 6.02. The van der Waals surface area contributed by atoms with Crippen molar-refractivity contribution in [3.05, 3.63) is 62.8 Å². The van der Waals surface area contributed by atoms with E-state index in [4.69, 9.17) is 11.6 Å². The van der Waals surface area contributed by atoms with E-state index in [1.54, 1.807) is 0 Å². The average Bonchev–Trinajstić information content (AvgIpc) is 2.44. The molecule has 1 aromatic carbocycles. The zero-order valence-electron chi connectivity index (χ0n) is 11.7. The fourth-order valence-electron chi connectivity index (χ4n) is 2.16. The van der Waals surface area contributed by atoms with Crippen LogP contribution in [-0.2, 0) is 6.42 Å². The van der Waals surface area contributed by atoms with Crippen LogP contribution in [0.4, 0.5) is 0 Å². The summed E-state index contributed by atoms with van der Waals surface area (Å²) in [5.74, 6) is 0. The number of benzene rings is 1. The van der Waals surface area contributed by atoms with Gasteiger partial charge in [0.25, 0.3) is 0 Å². The lowest BCUT2D eigenvalue weighted by Crippen LogP contribution is -2.23. The van der Waals surface area contributed by atoms with E-state index in [0.717, 1.165) is 33.7 Å². The number of hydrogen-bond acceptors (Lipinski definition) is 2. The number of pyridine rings is 1. The Labute approximate surface area is 133 Å². The summed E-state index contributed by atoms with van der Waals surface area (Å²) in [4.78, 5) is 4.48. The zero-order valence-corrected chi connectivity index (χ0v) is 14.0. The van der Waals surface area contributed by atoms with Crippen LogP contribution < -0.4 is 5.32 Å². The van der Waals surface area contributed by atoms with Crippen LogP contribution in [-0.4, -0.2) is 11.5 Å². The maximum Gasteiger partial charge on any atom is 0.0595 e. The number of halogens is 2. The summed E-state index contributed by atoms with van der Waals surface area (Å²) in [6.45, 7) is 5.03. The van der Waals surface area contributed by atoms with Gasteiger partial charge in [-0.15, -0.1) is 0 Å². The molecule has 0 aliphatic rings. The van der Waals surface area contributed by atoms with Gasteiger partial charge in [-0.1, -0.05) is 36.7 Å². The van der Waals surface area contributed by atoms with Crippen molar-refractivity contribution >= 4 is 27.5 Å². The number of nitrogens with one attached hydrogen (secondary N) is 1. The van der Waals surface area contributed by atoms with E-state index in [-0.39, 0.29) is 6.04 Å². The van der Waals surface area contributed by atoms with Crippen molar-refractivity contribution in [2.24, 2.45) is 0 Å². The van der Waals surface area contributed by atoms with Gasteiger partial charge in [0.05, 0.1) is 5.02 Å². The number of aryl methyl sites for hydroxylation is 1. The highest BCUT2D eigenvalue weighted by atomic mass is 79.9. The van der Waals surface area contributed by atoms with Crippen LogP contribution in [0, 0.1) is 6.92 Å². The van der Waals surface area contributed by atoms with E-state index in [1.165, 1.54) is 5.56 Å². The van der Waals surface area contributed by atoms with Gasteiger partial charge in [0.15, 0.2) is 0 Å². The molecule has 0 aliphatic heterocycles. The standard InChI is InChI=1S/C16H18BrClN2/c1-3-19-15(9-12-8-7-11(2)10-20-12)13-5-4-6-14(17)16(13)18/h4-8,10,15,19H,3,9H2,1-2H3. The molecular formula is C16H18BrClN2. The summed E-state index contributed by atoms with van der Waals surface area (Å²) in [7, 11) is 0. The molecule has 0 saturated heterocycles. The largest absolute Gasteiger partial charge is 0.310 e. The van der Waals surface area contributed by atoms with Crippen LogP contribution >= 0.6 is 27.5 Å². The second-order valence-electron chi connectivity index (χ2n) is 4.78. The van der Waals surface area contributed by atoms with Crippen molar-refractivity contribution in [1.29, 1.82) is 0 Å². The van der Waals surface area contributed by atoms with Crippen LogP contribution in [0.2, 0.25) is 5.02 Å². The van der Waals surface area contributed by atoms with Crippen LogP contribution in [0.15, 0.2) is 41.0 Å². The van der Waals surface area contributed by atoms with Crippen molar-refractivity contribution < 1.29 is 0 Å². The highest BCUT2D eigenvalue weighted by Crippen LogP contribution is 2.31. The Kier molecular flexibility index (Phi) is 5.58. The maximum absolute atomic E-state index is 6.41. The Balaban J connectivity index is 2.26. The topological polar surface area (TPSA) is 24.9 Å². The highest BCUT2D eigenvalue weighted by Gasteiger charge is 2.16. The lowest BCUT2D eigenvalue weighted by Gasteiger charge is -2.20. The van der Waals surface area contributed by atoms with E-state index in [0.29, 0.717) is 0 Å². The minimum Gasteiger partial charge on any atom is -0.310 e. The van der Waals surface area contributed by atoms with Crippen molar-refractivity contribution in [1.82, 2.24) is 10.3 Å². The molecule has 1 atom stereocenters. The van der Waals surface area contributed by atoms with E-state index < -0.39 is 0 Å². The molecule has 0 fully saturated rings. The van der Waals surface area contributed by atoms with Crippen molar-refractivity contribution in [3.63, 3.8) is 0 Å². The molecule has 2 aromatic rings. The highest BCUT2D eigenvalue weighted by molar-refractivity contribution is 9.10. The summed E-state index contributed by atoms with van der Waals surface area (Å²) in [5, 5.41) is 4.25. The van der Waals surface area contributed by atoms with Gasteiger partial charge in [0.2, 0.25) is 0 Å². The number of aromatic nitrogens is 1. The summed E-state index contributed by atoms with van der Waals surface area (Å²) < 4.78 is 0.927. The molecule has 1 N–H and O–H groups in total. The maximum atomic E-state index is 6.41. The molecule has 1 aromatic heterocycles. The third-order valence-electron chi connectivity index (χ3n) is 3.19. The fraction of sp³-hybridized carbons (Fsp3) is 0.312. The van der Waals surface area contributed by atoms with E-state index >= 15 is 0 Å². The summed E-state index contributed by atoms with van der Waals surface area (Å²) in [6, 6.07) is 10.4. The Morgan fingerprint density at radius 2 is 2.10 bits per heavy atom. The molecule has 0 spiro atoms. The molecule has 1 heterocycles. The van der Waals surface area contributed by atoms with Gasteiger partial charge in [-0.3, -0.25) is 4.98 Å². The van der Waals surface area contributed by atoms with Gasteiger partial charge < -0.3 is 5.32 Å². The normalized spacial score (nSPS) is 12.4. The molecule has 106 valence electrons. The summed E-state index contributed by atoms with van der Waals surface area (Å²) in [5.41, 5.74) is 3.34. The lowest BCUT2D eigenvalue weighted by molar-refractivity contribution is 0.544. The molecule has 2 rings (SSSR count). The van der Waals surface area contributed by atoms with E-state index in [1.807, 2.05) is 25.3 Å². The van der Waals surface area contributed by atoms with Crippen LogP contribution in [0.3, 0.4) is 0 Å². The number of nitrogens with zero attached hydrogens (tertiary/aromatic N) is 1. The third-order valence-corrected chi connectivity index (χ3v) is 4.50. The van der Waals surface area contributed by atoms with Gasteiger partial charge in [0, 0.05) is 28.8 Å². The van der Waals surface area contributed by atoms with Crippen molar-refractivity contribution in [2.45, 2.75) is 26.3 Å². The van der Waals surface area contributed by atoms with Crippen LogP contribution in [0.5, 0.6) is 0 Å². The smallest absolute Gasteiger partial charge is 0.0595 e. The van der Waals surface area contributed by atoms with Crippen LogP contribution in [0.25, 0.3) is 0 Å². The number of rotatable bonds is 5. The first-order valence-corrected chi connectivity index (χ1v) is 7.87. The van der Waals surface area contributed by atoms with E-state index in [9.17, 15) is 0 Å². The van der Waals surface area contributed by atoms with Gasteiger partial charge in [-0.25, -0.2) is 0 Å². The monoisotopic (exact) mass is 352 g/mol. The van der Waals surface area contributed by atoms with Gasteiger partial charge in [-0.05, 0) is 52.7 Å². The van der Waals surface area contributed by atoms with Crippen LogP contribution in [0.1, 0.15) is 29.8 Å². The molecule has 0 saturated carbocycles. The Bertz CT molecular complexity index is 569. The first-order chi connectivity index (χ1) is 9.61. The third kappa shape index (κ3) is 3.81. The second kappa shape index (κ2) is 7.21. The minimum absolute atomic E-state index is 0.167. The Morgan fingerprint density at radius 3 is 2.75 bits per heavy atom. The van der Waals surface area contributed by atoms with Crippen molar-refractivity contribution in [2.75, 3.05) is 6.54 Å². The zero-order chi connectivity index (χ0) is 14.5. The van der Waals surface area contributed by atoms with Gasteiger partial charge in [0.1, 0.15) is 0 Å². The van der Waals surface area contributed by atoms with Gasteiger partial charge >= 0.3 is 0 Å². The molecule has 0 amide bonds. The fourth-order valence-corrected chi connectivity index (χ4v) is 2.80. The molecule has 0 radical (unpaired) electrons. The predicted molar refractivity (Wildman–Crippen MR) is 88.2 cm³/mol. The Hall–Kier alpha value is -0.900. The Morgan fingerprint density at radius 1 is 1.30 bits per heavy atom. The summed E-state index contributed by atoms with van der Waals surface area (Å²) in [6.07, 6.45) is 2.73. The molecule has 4 heteroatoms. The van der Waals surface area contributed by atoms with Gasteiger partial charge in [-0.2, -0.15) is 0 Å². The number of hydrogen-bond donors (Lipinski definition) is 1. The molecule has 1 unspecified atom stereocenters. The molecule has 0 bridgehead atoms. The first kappa shape index (κ1) is 15.5. The number of likely N-dealkylation sites (N-methyl/N-ethyl adjacent to an activating group) is 1. The molecule has 0 aliphatic carbocycles. The quantitative estimate of drug-likeness (QED) is 0.843. The lowest BCUT2D eigenvalue weighted by atomic mass is 10.0. The molecule has 2 nitrogen and oxygen atoms in total. The van der Waals surface area contributed by atoms with Crippen molar-refractivity contribution in [3.8, 4) is 0 Å². The SMILES string of the molecule is CCNC(Cc1ccc(C)cn1)c1cccc(Br)c1Cl.